The summed E-state index contributed by atoms with van der Waals surface area (Å²) in [7, 11) is 1.68. The number of rotatable bonds is 7. The van der Waals surface area contributed by atoms with Gasteiger partial charge in [0.2, 0.25) is 0 Å². The molecule has 0 radical (unpaired) electrons. The minimum absolute atomic E-state index is 0.458. The quantitative estimate of drug-likeness (QED) is 0.466. The monoisotopic (exact) mass is 321 g/mol. The first-order valence-corrected chi connectivity index (χ1v) is 7.55. The lowest BCUT2D eigenvalue weighted by atomic mass is 10.1. The van der Waals surface area contributed by atoms with Crippen molar-refractivity contribution in [3.8, 4) is 0 Å². The summed E-state index contributed by atoms with van der Waals surface area (Å²) in [6.45, 7) is 2.10. The van der Waals surface area contributed by atoms with Crippen LogP contribution in [-0.4, -0.2) is 35.9 Å². The van der Waals surface area contributed by atoms with Gasteiger partial charge in [0.25, 0.3) is 0 Å². The number of hydrogen-bond donors (Lipinski definition) is 2. The summed E-state index contributed by atoms with van der Waals surface area (Å²) in [6, 6.07) is 5.52. The fourth-order valence-corrected chi connectivity index (χ4v) is 2.14. The van der Waals surface area contributed by atoms with Crippen LogP contribution >= 0.6 is 0 Å². The highest BCUT2D eigenvalue weighted by molar-refractivity contribution is 5.79. The molecule has 124 valence electrons. The minimum atomic E-state index is -0.561. The summed E-state index contributed by atoms with van der Waals surface area (Å²) in [4.78, 5) is 4.11. The molecule has 0 fully saturated rings. The van der Waals surface area contributed by atoms with Gasteiger partial charge in [-0.3, -0.25) is 9.67 Å². The zero-order valence-corrected chi connectivity index (χ0v) is 13.1. The number of aliphatic imine (C=N–C) groups is 1. The van der Waals surface area contributed by atoms with Gasteiger partial charge in [-0.15, -0.1) is 0 Å². The van der Waals surface area contributed by atoms with Crippen molar-refractivity contribution in [2.45, 2.75) is 19.4 Å². The van der Waals surface area contributed by atoms with Gasteiger partial charge in [0.1, 0.15) is 11.6 Å². The van der Waals surface area contributed by atoms with E-state index in [-0.39, 0.29) is 0 Å². The second-order valence-corrected chi connectivity index (χ2v) is 5.03. The lowest BCUT2D eigenvalue weighted by Crippen LogP contribution is -2.39. The Morgan fingerprint density at radius 3 is 2.78 bits per heavy atom. The molecule has 0 aliphatic rings. The third-order valence-electron chi connectivity index (χ3n) is 3.34. The van der Waals surface area contributed by atoms with Crippen LogP contribution < -0.4 is 10.6 Å². The maximum Gasteiger partial charge on any atom is 0.190 e. The SMILES string of the molecule is CN=C(NCCCn1cccn1)NCCc1ccc(F)cc1F. The zero-order chi connectivity index (χ0) is 16.5. The number of benzene rings is 1. The summed E-state index contributed by atoms with van der Waals surface area (Å²) < 4.78 is 28.2. The first kappa shape index (κ1) is 16.9. The maximum atomic E-state index is 13.5. The van der Waals surface area contributed by atoms with Crippen LogP contribution in [-0.2, 0) is 13.0 Å². The Morgan fingerprint density at radius 2 is 2.09 bits per heavy atom. The summed E-state index contributed by atoms with van der Waals surface area (Å²) >= 11 is 0. The number of halogens is 2. The van der Waals surface area contributed by atoms with Gasteiger partial charge in [0, 0.05) is 45.1 Å². The molecule has 0 saturated heterocycles. The van der Waals surface area contributed by atoms with Gasteiger partial charge in [-0.1, -0.05) is 6.07 Å². The van der Waals surface area contributed by atoms with E-state index in [0.717, 1.165) is 25.6 Å². The Morgan fingerprint density at radius 1 is 1.26 bits per heavy atom. The number of aromatic nitrogens is 2. The van der Waals surface area contributed by atoms with E-state index in [9.17, 15) is 8.78 Å². The van der Waals surface area contributed by atoms with Crippen molar-refractivity contribution in [1.29, 1.82) is 0 Å². The van der Waals surface area contributed by atoms with Gasteiger partial charge >= 0.3 is 0 Å². The molecule has 23 heavy (non-hydrogen) atoms. The average Bonchev–Trinajstić information content (AvgIpc) is 3.05. The Balaban J connectivity index is 1.66. The lowest BCUT2D eigenvalue weighted by Gasteiger charge is -2.12. The molecular weight excluding hydrogens is 300 g/mol. The third kappa shape index (κ3) is 5.69. The van der Waals surface area contributed by atoms with Crippen LogP contribution in [0.4, 0.5) is 8.78 Å². The second-order valence-electron chi connectivity index (χ2n) is 5.03. The van der Waals surface area contributed by atoms with Gasteiger partial charge in [-0.2, -0.15) is 5.10 Å². The maximum absolute atomic E-state index is 13.5. The van der Waals surface area contributed by atoms with Crippen molar-refractivity contribution in [1.82, 2.24) is 20.4 Å². The number of nitrogens with one attached hydrogen (secondary N) is 2. The van der Waals surface area contributed by atoms with Crippen molar-refractivity contribution in [3.05, 3.63) is 53.9 Å². The minimum Gasteiger partial charge on any atom is -0.356 e. The van der Waals surface area contributed by atoms with Crippen molar-refractivity contribution in [2.75, 3.05) is 20.1 Å². The fraction of sp³-hybridized carbons (Fsp3) is 0.375. The van der Waals surface area contributed by atoms with Gasteiger partial charge in [0.05, 0.1) is 0 Å². The number of guanidine groups is 1. The Hall–Kier alpha value is -2.44. The number of nitrogens with zero attached hydrogens (tertiary/aromatic N) is 3. The fourth-order valence-electron chi connectivity index (χ4n) is 2.14. The molecule has 0 spiro atoms. The Labute approximate surface area is 134 Å². The standard InChI is InChI=1S/C16H21F2N5/c1-19-16(20-7-2-10-23-11-3-8-22-23)21-9-6-13-4-5-14(17)12-15(13)18/h3-5,8,11-12H,2,6-7,9-10H2,1H3,(H2,19,20,21). The topological polar surface area (TPSA) is 54.2 Å². The summed E-state index contributed by atoms with van der Waals surface area (Å²) in [6.07, 6.45) is 5.04. The van der Waals surface area contributed by atoms with E-state index in [2.05, 4.69) is 20.7 Å². The number of aryl methyl sites for hydroxylation is 1. The molecule has 7 heteroatoms. The molecule has 0 amide bonds. The molecule has 2 N–H and O–H groups in total. The van der Waals surface area contributed by atoms with E-state index in [1.807, 2.05) is 16.9 Å². The van der Waals surface area contributed by atoms with Crippen LogP contribution in [0.3, 0.4) is 0 Å². The van der Waals surface area contributed by atoms with E-state index in [4.69, 9.17) is 0 Å². The smallest absolute Gasteiger partial charge is 0.190 e. The van der Waals surface area contributed by atoms with Gasteiger partial charge in [0.15, 0.2) is 5.96 Å². The highest BCUT2D eigenvalue weighted by Gasteiger charge is 2.04. The molecular formula is C16H21F2N5. The summed E-state index contributed by atoms with van der Waals surface area (Å²) in [5.74, 6) is -0.421. The van der Waals surface area contributed by atoms with Crippen LogP contribution in [0.15, 0.2) is 41.7 Å². The molecule has 1 aromatic heterocycles. The number of hydrogen-bond acceptors (Lipinski definition) is 2. The van der Waals surface area contributed by atoms with Crippen LogP contribution in [0.5, 0.6) is 0 Å². The van der Waals surface area contributed by atoms with Crippen LogP contribution in [0.1, 0.15) is 12.0 Å². The Bertz CT molecular complexity index is 625. The lowest BCUT2D eigenvalue weighted by molar-refractivity contribution is 0.567. The largest absolute Gasteiger partial charge is 0.356 e. The molecule has 0 bridgehead atoms. The van der Waals surface area contributed by atoms with Crippen molar-refractivity contribution in [2.24, 2.45) is 4.99 Å². The van der Waals surface area contributed by atoms with Gasteiger partial charge in [-0.05, 0) is 30.5 Å². The molecule has 5 nitrogen and oxygen atoms in total. The highest BCUT2D eigenvalue weighted by Crippen LogP contribution is 2.09. The molecule has 0 aliphatic carbocycles. The van der Waals surface area contributed by atoms with Crippen molar-refractivity contribution < 1.29 is 8.78 Å². The first-order chi connectivity index (χ1) is 11.2. The van der Waals surface area contributed by atoms with E-state index >= 15 is 0 Å². The molecule has 0 unspecified atom stereocenters. The predicted molar refractivity (Wildman–Crippen MR) is 86.3 cm³/mol. The zero-order valence-electron chi connectivity index (χ0n) is 13.1. The molecule has 0 aliphatic heterocycles. The van der Waals surface area contributed by atoms with Crippen LogP contribution in [0.25, 0.3) is 0 Å². The van der Waals surface area contributed by atoms with Crippen molar-refractivity contribution in [3.63, 3.8) is 0 Å². The third-order valence-corrected chi connectivity index (χ3v) is 3.34. The summed E-state index contributed by atoms with van der Waals surface area (Å²) in [5.41, 5.74) is 0.480. The van der Waals surface area contributed by atoms with E-state index in [1.165, 1.54) is 12.1 Å². The average molecular weight is 321 g/mol. The predicted octanol–water partition coefficient (Wildman–Crippen LogP) is 1.96. The van der Waals surface area contributed by atoms with E-state index in [1.54, 1.807) is 13.2 Å². The molecule has 2 aromatic rings. The molecule has 0 atom stereocenters. The first-order valence-electron chi connectivity index (χ1n) is 7.55. The van der Waals surface area contributed by atoms with Crippen LogP contribution in [0, 0.1) is 11.6 Å². The molecule has 1 heterocycles. The van der Waals surface area contributed by atoms with Crippen molar-refractivity contribution >= 4 is 5.96 Å². The van der Waals surface area contributed by atoms with Crippen LogP contribution in [0.2, 0.25) is 0 Å². The van der Waals surface area contributed by atoms with E-state index < -0.39 is 11.6 Å². The molecule has 2 rings (SSSR count). The second kappa shape index (κ2) is 8.87. The summed E-state index contributed by atoms with van der Waals surface area (Å²) in [5, 5.41) is 10.4. The molecule has 1 aromatic carbocycles. The normalized spacial score (nSPS) is 11.5. The highest BCUT2D eigenvalue weighted by atomic mass is 19.1. The van der Waals surface area contributed by atoms with Gasteiger partial charge in [-0.25, -0.2) is 8.78 Å². The van der Waals surface area contributed by atoms with E-state index in [0.29, 0.717) is 24.5 Å². The van der Waals surface area contributed by atoms with Gasteiger partial charge < -0.3 is 10.6 Å². The Kier molecular flexibility index (Phi) is 6.53. The molecule has 0 saturated carbocycles.